The zero-order valence-electron chi connectivity index (χ0n) is 13.8. The second kappa shape index (κ2) is 10.7. The smallest absolute Gasteiger partial charge is 0.188 e. The SMILES string of the molecule is COCC(C)NC(N)=NCC(c1c(F)cccc1F)N(C)C.I. The lowest BCUT2D eigenvalue weighted by Gasteiger charge is -2.24. The second-order valence-corrected chi connectivity index (χ2v) is 5.34. The van der Waals surface area contributed by atoms with Crippen LogP contribution < -0.4 is 11.1 Å². The van der Waals surface area contributed by atoms with E-state index in [9.17, 15) is 8.78 Å². The van der Waals surface area contributed by atoms with Gasteiger partial charge in [0.25, 0.3) is 0 Å². The van der Waals surface area contributed by atoms with Crippen molar-refractivity contribution in [1.82, 2.24) is 10.2 Å². The monoisotopic (exact) mass is 442 g/mol. The molecule has 3 N–H and O–H groups in total. The van der Waals surface area contributed by atoms with E-state index in [1.807, 2.05) is 6.92 Å². The van der Waals surface area contributed by atoms with Crippen molar-refractivity contribution in [3.63, 3.8) is 0 Å². The highest BCUT2D eigenvalue weighted by Gasteiger charge is 2.22. The van der Waals surface area contributed by atoms with Gasteiger partial charge < -0.3 is 20.7 Å². The molecular weight excluding hydrogens is 417 g/mol. The van der Waals surface area contributed by atoms with E-state index in [0.717, 1.165) is 0 Å². The molecule has 2 atom stereocenters. The van der Waals surface area contributed by atoms with Gasteiger partial charge in [0, 0.05) is 18.7 Å². The minimum absolute atomic E-state index is 0. The number of halogens is 3. The molecule has 0 spiro atoms. The maximum atomic E-state index is 13.9. The molecule has 0 aliphatic heterocycles. The van der Waals surface area contributed by atoms with Crippen molar-refractivity contribution in [2.45, 2.75) is 19.0 Å². The summed E-state index contributed by atoms with van der Waals surface area (Å²) in [6.45, 7) is 2.52. The van der Waals surface area contributed by atoms with Crippen LogP contribution in [0.4, 0.5) is 8.78 Å². The first-order chi connectivity index (χ1) is 10.4. The van der Waals surface area contributed by atoms with E-state index >= 15 is 0 Å². The highest BCUT2D eigenvalue weighted by molar-refractivity contribution is 14.0. The number of guanidine groups is 1. The fraction of sp³-hybridized carbons (Fsp3) is 0.533. The summed E-state index contributed by atoms with van der Waals surface area (Å²) in [5.41, 5.74) is 5.78. The molecule has 0 aliphatic rings. The van der Waals surface area contributed by atoms with Crippen molar-refractivity contribution in [3.05, 3.63) is 35.4 Å². The minimum atomic E-state index is -0.590. The lowest BCUT2D eigenvalue weighted by Crippen LogP contribution is -2.41. The summed E-state index contributed by atoms with van der Waals surface area (Å²) in [4.78, 5) is 5.88. The first-order valence-corrected chi connectivity index (χ1v) is 7.02. The normalized spacial score (nSPS) is 14.3. The number of rotatable bonds is 7. The van der Waals surface area contributed by atoms with Crippen molar-refractivity contribution in [2.75, 3.05) is 34.4 Å². The molecule has 8 heteroatoms. The van der Waals surface area contributed by atoms with Crippen LogP contribution in [0.15, 0.2) is 23.2 Å². The van der Waals surface area contributed by atoms with Gasteiger partial charge in [-0.05, 0) is 33.2 Å². The van der Waals surface area contributed by atoms with Gasteiger partial charge in [0.1, 0.15) is 11.6 Å². The highest BCUT2D eigenvalue weighted by atomic mass is 127. The third-order valence-corrected chi connectivity index (χ3v) is 3.20. The molecule has 1 aromatic carbocycles. The van der Waals surface area contributed by atoms with Gasteiger partial charge in [0.15, 0.2) is 5.96 Å². The van der Waals surface area contributed by atoms with E-state index in [4.69, 9.17) is 10.5 Å². The molecule has 2 unspecified atom stereocenters. The number of hydrogen-bond donors (Lipinski definition) is 2. The molecule has 0 aromatic heterocycles. The Bertz CT molecular complexity index is 494. The summed E-state index contributed by atoms with van der Waals surface area (Å²) in [6.07, 6.45) is 0. The first-order valence-electron chi connectivity index (χ1n) is 7.02. The Morgan fingerprint density at radius 1 is 1.35 bits per heavy atom. The van der Waals surface area contributed by atoms with Crippen molar-refractivity contribution >= 4 is 29.9 Å². The summed E-state index contributed by atoms with van der Waals surface area (Å²) >= 11 is 0. The Balaban J connectivity index is 0.00000484. The molecule has 0 heterocycles. The van der Waals surface area contributed by atoms with Crippen LogP contribution in [0.5, 0.6) is 0 Å². The number of benzene rings is 1. The third kappa shape index (κ3) is 6.96. The van der Waals surface area contributed by atoms with Crippen LogP contribution in [0.3, 0.4) is 0 Å². The molecule has 1 aromatic rings. The number of nitrogens with two attached hydrogens (primary N) is 1. The number of methoxy groups -OCH3 is 1. The van der Waals surface area contributed by atoms with E-state index in [2.05, 4.69) is 10.3 Å². The molecule has 0 fully saturated rings. The standard InChI is InChI=1S/C15H24F2N4O.HI/c1-10(9-22-4)20-15(18)19-8-13(21(2)3)14-11(16)6-5-7-12(14)17;/h5-7,10,13H,8-9H2,1-4H3,(H3,18,19,20);1H. The number of aliphatic imine (C=N–C) groups is 1. The van der Waals surface area contributed by atoms with Crippen LogP contribution in [0, 0.1) is 11.6 Å². The predicted octanol–water partition coefficient (Wildman–Crippen LogP) is 2.12. The van der Waals surface area contributed by atoms with Crippen LogP contribution in [-0.2, 0) is 4.74 Å². The molecule has 0 aliphatic carbocycles. The summed E-state index contributed by atoms with van der Waals surface area (Å²) < 4.78 is 32.8. The average molecular weight is 442 g/mol. The lowest BCUT2D eigenvalue weighted by atomic mass is 10.0. The fourth-order valence-electron chi connectivity index (χ4n) is 2.12. The van der Waals surface area contributed by atoms with E-state index < -0.39 is 17.7 Å². The Morgan fingerprint density at radius 2 is 1.91 bits per heavy atom. The van der Waals surface area contributed by atoms with Crippen LogP contribution in [0.2, 0.25) is 0 Å². The number of ether oxygens (including phenoxy) is 1. The fourth-order valence-corrected chi connectivity index (χ4v) is 2.12. The van der Waals surface area contributed by atoms with E-state index in [1.165, 1.54) is 18.2 Å². The van der Waals surface area contributed by atoms with Gasteiger partial charge in [-0.2, -0.15) is 0 Å². The molecule has 0 amide bonds. The lowest BCUT2D eigenvalue weighted by molar-refractivity contribution is 0.179. The molecule has 23 heavy (non-hydrogen) atoms. The summed E-state index contributed by atoms with van der Waals surface area (Å²) in [6, 6.07) is 3.27. The van der Waals surface area contributed by atoms with Crippen molar-refractivity contribution in [3.8, 4) is 0 Å². The molecule has 1 rings (SSSR count). The molecule has 5 nitrogen and oxygen atoms in total. The maximum Gasteiger partial charge on any atom is 0.188 e. The predicted molar refractivity (Wildman–Crippen MR) is 99.2 cm³/mol. The quantitative estimate of drug-likeness (QED) is 0.386. The topological polar surface area (TPSA) is 62.9 Å². The number of nitrogens with one attached hydrogen (secondary N) is 1. The van der Waals surface area contributed by atoms with Crippen LogP contribution in [-0.4, -0.2) is 51.3 Å². The molecule has 0 bridgehead atoms. The second-order valence-electron chi connectivity index (χ2n) is 5.34. The van der Waals surface area contributed by atoms with Crippen molar-refractivity contribution in [1.29, 1.82) is 0 Å². The maximum absolute atomic E-state index is 13.9. The third-order valence-electron chi connectivity index (χ3n) is 3.20. The van der Waals surface area contributed by atoms with Crippen LogP contribution in [0.25, 0.3) is 0 Å². The first kappa shape index (κ1) is 22.0. The van der Waals surface area contributed by atoms with Gasteiger partial charge in [-0.3, -0.25) is 4.99 Å². The zero-order valence-corrected chi connectivity index (χ0v) is 16.2. The van der Waals surface area contributed by atoms with Gasteiger partial charge in [-0.15, -0.1) is 24.0 Å². The number of hydrogen-bond acceptors (Lipinski definition) is 3. The van der Waals surface area contributed by atoms with Gasteiger partial charge >= 0.3 is 0 Å². The molecule has 0 radical (unpaired) electrons. The number of likely N-dealkylation sites (N-methyl/N-ethyl adjacent to an activating group) is 1. The van der Waals surface area contributed by atoms with E-state index in [1.54, 1.807) is 26.1 Å². The summed E-state index contributed by atoms with van der Waals surface area (Å²) in [5, 5.41) is 2.95. The van der Waals surface area contributed by atoms with Crippen molar-refractivity contribution in [2.24, 2.45) is 10.7 Å². The van der Waals surface area contributed by atoms with Gasteiger partial charge in [-0.25, -0.2) is 8.78 Å². The Labute approximate surface area is 153 Å². The Kier molecular flexibility index (Phi) is 10.2. The zero-order chi connectivity index (χ0) is 16.7. The number of nitrogens with zero attached hydrogens (tertiary/aromatic N) is 2. The molecule has 0 saturated carbocycles. The van der Waals surface area contributed by atoms with Gasteiger partial charge in [0.05, 0.1) is 19.2 Å². The van der Waals surface area contributed by atoms with E-state index in [-0.39, 0.29) is 48.1 Å². The van der Waals surface area contributed by atoms with E-state index in [0.29, 0.717) is 6.61 Å². The Hall–Kier alpha value is -1.000. The van der Waals surface area contributed by atoms with Gasteiger partial charge in [0.2, 0.25) is 0 Å². The molecular formula is C15H25F2IN4O. The summed E-state index contributed by atoms with van der Waals surface area (Å²) in [5.74, 6) is -0.963. The molecule has 0 saturated heterocycles. The minimum Gasteiger partial charge on any atom is -0.383 e. The van der Waals surface area contributed by atoms with Gasteiger partial charge in [-0.1, -0.05) is 6.07 Å². The highest BCUT2D eigenvalue weighted by Crippen LogP contribution is 2.24. The Morgan fingerprint density at radius 3 is 2.39 bits per heavy atom. The molecule has 132 valence electrons. The summed E-state index contributed by atoms with van der Waals surface area (Å²) in [7, 11) is 5.07. The van der Waals surface area contributed by atoms with Crippen LogP contribution in [0.1, 0.15) is 18.5 Å². The largest absolute Gasteiger partial charge is 0.383 e. The average Bonchev–Trinajstić information content (AvgIpc) is 2.41. The van der Waals surface area contributed by atoms with Crippen molar-refractivity contribution < 1.29 is 13.5 Å². The van der Waals surface area contributed by atoms with Crippen LogP contribution >= 0.6 is 24.0 Å².